The minimum absolute atomic E-state index is 0.0503. The summed E-state index contributed by atoms with van der Waals surface area (Å²) in [5.41, 5.74) is 0.352. The Kier molecular flexibility index (Phi) is 7.10. The predicted octanol–water partition coefficient (Wildman–Crippen LogP) is 2.78. The van der Waals surface area contributed by atoms with Gasteiger partial charge in [-0.25, -0.2) is 10.0 Å². The van der Waals surface area contributed by atoms with Crippen molar-refractivity contribution in [3.63, 3.8) is 0 Å². The van der Waals surface area contributed by atoms with E-state index in [2.05, 4.69) is 10.3 Å². The first kappa shape index (κ1) is 22.0. The molecule has 2 heterocycles. The average molecular weight is 440 g/mol. The number of ether oxygens (including phenoxy) is 1. The van der Waals surface area contributed by atoms with Gasteiger partial charge in [0.25, 0.3) is 5.91 Å². The van der Waals surface area contributed by atoms with Crippen molar-refractivity contribution in [3.05, 3.63) is 63.9 Å². The standard InChI is InChI=1S/C20H23Cl2N3O4/c1-20(11-25(28)19(27)13-5-3-2-4-6-13)12-29-15(17(20)26)10-23-9-14-7-8-16(21)24-18(14)22/h2-8,15,17,23,26,28H,9-12H2,1H3/t15-,17-,20-/m1/s1. The molecule has 1 aliphatic heterocycles. The molecule has 1 saturated heterocycles. The number of aliphatic hydroxyl groups excluding tert-OH is 1. The van der Waals surface area contributed by atoms with Crippen LogP contribution in [0.2, 0.25) is 10.3 Å². The van der Waals surface area contributed by atoms with Gasteiger partial charge in [0, 0.05) is 29.6 Å². The molecule has 1 fully saturated rings. The molecule has 29 heavy (non-hydrogen) atoms. The van der Waals surface area contributed by atoms with Crippen molar-refractivity contribution < 1.29 is 19.8 Å². The summed E-state index contributed by atoms with van der Waals surface area (Å²) in [6.07, 6.45) is -1.36. The molecule has 2 aromatic rings. The minimum atomic E-state index is -0.868. The molecule has 0 saturated carbocycles. The third-order valence-electron chi connectivity index (χ3n) is 5.01. The minimum Gasteiger partial charge on any atom is -0.390 e. The molecule has 9 heteroatoms. The molecule has 3 N–H and O–H groups in total. The smallest absolute Gasteiger partial charge is 0.277 e. The van der Waals surface area contributed by atoms with Crippen molar-refractivity contribution in [2.45, 2.75) is 25.7 Å². The topological polar surface area (TPSA) is 94.9 Å². The van der Waals surface area contributed by atoms with Crippen LogP contribution in [0.15, 0.2) is 42.5 Å². The van der Waals surface area contributed by atoms with Crippen LogP contribution in [0.5, 0.6) is 0 Å². The number of aliphatic hydroxyl groups is 1. The lowest BCUT2D eigenvalue weighted by Gasteiger charge is -2.31. The Labute approximate surface area is 179 Å². The Morgan fingerprint density at radius 3 is 2.72 bits per heavy atom. The number of hydrogen-bond acceptors (Lipinski definition) is 6. The van der Waals surface area contributed by atoms with Crippen LogP contribution in [0, 0.1) is 5.41 Å². The number of amides is 1. The number of hydrogen-bond donors (Lipinski definition) is 3. The van der Waals surface area contributed by atoms with E-state index in [1.165, 1.54) is 0 Å². The summed E-state index contributed by atoms with van der Waals surface area (Å²) in [6, 6.07) is 11.9. The number of nitrogens with one attached hydrogen (secondary N) is 1. The second-order valence-corrected chi connectivity index (χ2v) is 8.14. The molecule has 1 aromatic heterocycles. The van der Waals surface area contributed by atoms with Gasteiger partial charge in [-0.3, -0.25) is 10.0 Å². The zero-order valence-electron chi connectivity index (χ0n) is 15.9. The monoisotopic (exact) mass is 439 g/mol. The number of halogens is 2. The maximum absolute atomic E-state index is 12.4. The molecule has 7 nitrogen and oxygen atoms in total. The number of nitrogens with zero attached hydrogens (tertiary/aromatic N) is 2. The maximum Gasteiger partial charge on any atom is 0.277 e. The fourth-order valence-electron chi connectivity index (χ4n) is 3.30. The summed E-state index contributed by atoms with van der Waals surface area (Å²) in [5, 5.41) is 25.4. The number of benzene rings is 1. The maximum atomic E-state index is 12.4. The van der Waals surface area contributed by atoms with Gasteiger partial charge in [0.2, 0.25) is 0 Å². The van der Waals surface area contributed by atoms with E-state index >= 15 is 0 Å². The molecule has 3 rings (SSSR count). The van der Waals surface area contributed by atoms with Gasteiger partial charge in [-0.05, 0) is 18.2 Å². The van der Waals surface area contributed by atoms with Crippen LogP contribution in [0.3, 0.4) is 0 Å². The quantitative estimate of drug-likeness (QED) is 0.348. The van der Waals surface area contributed by atoms with Crippen molar-refractivity contribution in [1.29, 1.82) is 0 Å². The Hall–Kier alpha value is -1.74. The SMILES string of the molecule is C[C@@]1(CN(O)C(=O)c2ccccc2)CO[C@H](CNCc2ccc(Cl)nc2Cl)[C@H]1O. The lowest BCUT2D eigenvalue weighted by atomic mass is 9.84. The van der Waals surface area contributed by atoms with Crippen LogP contribution in [0.25, 0.3) is 0 Å². The highest BCUT2D eigenvalue weighted by Crippen LogP contribution is 2.33. The number of aromatic nitrogens is 1. The average Bonchev–Trinajstić information content (AvgIpc) is 2.98. The molecule has 1 aliphatic rings. The van der Waals surface area contributed by atoms with E-state index in [1.54, 1.807) is 49.4 Å². The molecule has 0 aliphatic carbocycles. The van der Waals surface area contributed by atoms with Crippen LogP contribution in [0.4, 0.5) is 0 Å². The Bertz CT molecular complexity index is 855. The largest absolute Gasteiger partial charge is 0.390 e. The van der Waals surface area contributed by atoms with Crippen molar-refractivity contribution in [2.75, 3.05) is 19.7 Å². The number of carbonyl (C=O) groups is 1. The van der Waals surface area contributed by atoms with Gasteiger partial charge in [-0.15, -0.1) is 0 Å². The second-order valence-electron chi connectivity index (χ2n) is 7.39. The first-order valence-corrected chi connectivity index (χ1v) is 9.93. The molecule has 156 valence electrons. The Morgan fingerprint density at radius 1 is 1.31 bits per heavy atom. The van der Waals surface area contributed by atoms with Gasteiger partial charge < -0.3 is 15.2 Å². The van der Waals surface area contributed by atoms with Crippen molar-refractivity contribution in [1.82, 2.24) is 15.4 Å². The second kappa shape index (κ2) is 9.38. The molecule has 0 radical (unpaired) electrons. The van der Waals surface area contributed by atoms with Gasteiger partial charge in [-0.2, -0.15) is 0 Å². The molecule has 0 bridgehead atoms. The number of hydroxylamine groups is 2. The molecule has 1 aromatic carbocycles. The number of carbonyl (C=O) groups excluding carboxylic acids is 1. The zero-order chi connectivity index (χ0) is 21.0. The normalized spacial score (nSPS) is 23.9. The zero-order valence-corrected chi connectivity index (χ0v) is 17.4. The number of pyridine rings is 1. The van der Waals surface area contributed by atoms with Crippen molar-refractivity contribution in [2.24, 2.45) is 5.41 Å². The Morgan fingerprint density at radius 2 is 2.03 bits per heavy atom. The third kappa shape index (κ3) is 5.25. The van der Waals surface area contributed by atoms with E-state index in [0.29, 0.717) is 34.0 Å². The highest BCUT2D eigenvalue weighted by Gasteiger charge is 2.47. The lowest BCUT2D eigenvalue weighted by Crippen LogP contribution is -2.47. The molecular weight excluding hydrogens is 417 g/mol. The van der Waals surface area contributed by atoms with Crippen LogP contribution in [-0.2, 0) is 11.3 Å². The van der Waals surface area contributed by atoms with Crippen molar-refractivity contribution in [3.8, 4) is 0 Å². The summed E-state index contributed by atoms with van der Waals surface area (Å²) in [5.74, 6) is -0.523. The van der Waals surface area contributed by atoms with Crippen LogP contribution < -0.4 is 5.32 Å². The van der Waals surface area contributed by atoms with Gasteiger partial charge in [0.15, 0.2) is 0 Å². The van der Waals surface area contributed by atoms with E-state index in [1.807, 2.05) is 0 Å². The van der Waals surface area contributed by atoms with Crippen LogP contribution in [0.1, 0.15) is 22.8 Å². The fraction of sp³-hybridized carbons (Fsp3) is 0.400. The number of rotatable bonds is 7. The summed E-state index contributed by atoms with van der Waals surface area (Å²) in [6.45, 7) is 2.74. The third-order valence-corrected chi connectivity index (χ3v) is 5.55. The van der Waals surface area contributed by atoms with E-state index in [4.69, 9.17) is 27.9 Å². The molecular formula is C20H23Cl2N3O4. The summed E-state index contributed by atoms with van der Waals surface area (Å²) in [4.78, 5) is 16.3. The summed E-state index contributed by atoms with van der Waals surface area (Å²) in [7, 11) is 0. The first-order chi connectivity index (χ1) is 13.8. The summed E-state index contributed by atoms with van der Waals surface area (Å²) < 4.78 is 5.72. The van der Waals surface area contributed by atoms with E-state index in [0.717, 1.165) is 5.56 Å². The van der Waals surface area contributed by atoms with E-state index in [9.17, 15) is 15.1 Å². The highest BCUT2D eigenvalue weighted by atomic mass is 35.5. The van der Waals surface area contributed by atoms with E-state index in [-0.39, 0.29) is 13.2 Å². The van der Waals surface area contributed by atoms with Crippen LogP contribution >= 0.6 is 23.2 Å². The first-order valence-electron chi connectivity index (χ1n) is 9.17. The molecule has 0 unspecified atom stereocenters. The fourth-order valence-corrected chi connectivity index (χ4v) is 3.71. The van der Waals surface area contributed by atoms with Gasteiger partial charge >= 0.3 is 0 Å². The predicted molar refractivity (Wildman–Crippen MR) is 109 cm³/mol. The van der Waals surface area contributed by atoms with Crippen LogP contribution in [-0.4, -0.2) is 58.2 Å². The summed E-state index contributed by atoms with van der Waals surface area (Å²) >= 11 is 11.8. The molecule has 1 amide bonds. The lowest BCUT2D eigenvalue weighted by molar-refractivity contribution is -0.0940. The van der Waals surface area contributed by atoms with Gasteiger partial charge in [-0.1, -0.05) is 54.4 Å². The van der Waals surface area contributed by atoms with Crippen molar-refractivity contribution >= 4 is 29.1 Å². The van der Waals surface area contributed by atoms with Gasteiger partial charge in [0.05, 0.1) is 25.4 Å². The van der Waals surface area contributed by atoms with Gasteiger partial charge in [0.1, 0.15) is 10.3 Å². The molecule has 0 spiro atoms. The van der Waals surface area contributed by atoms with E-state index < -0.39 is 23.5 Å². The molecule has 3 atom stereocenters. The Balaban J connectivity index is 1.53. The highest BCUT2D eigenvalue weighted by molar-refractivity contribution is 6.32.